The van der Waals surface area contributed by atoms with Gasteiger partial charge in [0.1, 0.15) is 0 Å². The molecule has 0 bridgehead atoms. The van der Waals surface area contributed by atoms with Crippen molar-refractivity contribution in [1.29, 1.82) is 0 Å². The van der Waals surface area contributed by atoms with Gasteiger partial charge in [-0.05, 0) is 61.4 Å². The topological polar surface area (TPSA) is 12.0 Å². The highest BCUT2D eigenvalue weighted by Crippen LogP contribution is 2.36. The van der Waals surface area contributed by atoms with Crippen LogP contribution >= 0.6 is 11.3 Å². The second-order valence-electron chi connectivity index (χ2n) is 5.93. The molecule has 1 aliphatic carbocycles. The summed E-state index contributed by atoms with van der Waals surface area (Å²) in [5, 5.41) is 3.74. The lowest BCUT2D eigenvalue weighted by atomic mass is 10.0. The fourth-order valence-electron chi connectivity index (χ4n) is 3.11. The molecule has 2 heteroatoms. The predicted octanol–water partition coefficient (Wildman–Crippen LogP) is 4.89. The molecule has 1 N–H and O–H groups in total. The average Bonchev–Trinajstić information content (AvgIpc) is 3.10. The van der Waals surface area contributed by atoms with Gasteiger partial charge in [-0.3, -0.25) is 0 Å². The summed E-state index contributed by atoms with van der Waals surface area (Å²) in [6.07, 6.45) is 6.20. The lowest BCUT2D eigenvalue weighted by molar-refractivity contribution is 0.605. The quantitative estimate of drug-likeness (QED) is 0.801. The first-order valence-electron chi connectivity index (χ1n) is 8.25. The third-order valence-corrected chi connectivity index (χ3v) is 5.67. The minimum absolute atomic E-state index is 0.367. The predicted molar refractivity (Wildman–Crippen MR) is 92.3 cm³/mol. The van der Waals surface area contributed by atoms with Gasteiger partial charge in [-0.1, -0.05) is 38.1 Å². The van der Waals surface area contributed by atoms with Crippen molar-refractivity contribution >= 4 is 11.3 Å². The first-order chi connectivity index (χ1) is 10.3. The Morgan fingerprint density at radius 2 is 1.95 bits per heavy atom. The van der Waals surface area contributed by atoms with Crippen molar-refractivity contribution in [3.63, 3.8) is 0 Å². The molecule has 1 aliphatic rings. The van der Waals surface area contributed by atoms with E-state index in [4.69, 9.17) is 0 Å². The summed E-state index contributed by atoms with van der Waals surface area (Å²) >= 11 is 2.02. The Bertz CT molecular complexity index is 561. The third kappa shape index (κ3) is 3.22. The van der Waals surface area contributed by atoms with E-state index in [1.165, 1.54) is 41.7 Å². The molecule has 1 heterocycles. The van der Waals surface area contributed by atoms with Crippen LogP contribution in [0.5, 0.6) is 0 Å². The molecule has 1 unspecified atom stereocenters. The van der Waals surface area contributed by atoms with Gasteiger partial charge >= 0.3 is 0 Å². The van der Waals surface area contributed by atoms with E-state index in [2.05, 4.69) is 49.5 Å². The van der Waals surface area contributed by atoms with Gasteiger partial charge in [-0.15, -0.1) is 11.3 Å². The summed E-state index contributed by atoms with van der Waals surface area (Å²) in [6, 6.07) is 12.0. The van der Waals surface area contributed by atoms with E-state index in [9.17, 15) is 0 Å². The second-order valence-corrected chi connectivity index (χ2v) is 7.10. The number of nitrogens with one attached hydrogen (secondary N) is 1. The fourth-order valence-corrected chi connectivity index (χ4v) is 4.47. The Hall–Kier alpha value is -1.12. The smallest absolute Gasteiger partial charge is 0.0671 e. The molecule has 1 atom stereocenters. The number of rotatable bonds is 6. The number of aryl methyl sites for hydroxylation is 3. The highest BCUT2D eigenvalue weighted by Gasteiger charge is 2.21. The molecule has 21 heavy (non-hydrogen) atoms. The van der Waals surface area contributed by atoms with Crippen molar-refractivity contribution in [2.24, 2.45) is 0 Å². The molecule has 0 saturated heterocycles. The van der Waals surface area contributed by atoms with Crippen molar-refractivity contribution in [1.82, 2.24) is 5.32 Å². The van der Waals surface area contributed by atoms with Crippen molar-refractivity contribution in [2.45, 2.75) is 52.0 Å². The summed E-state index contributed by atoms with van der Waals surface area (Å²) in [6.45, 7) is 5.52. The number of fused-ring (bicyclic) bond motifs is 1. The monoisotopic (exact) mass is 299 g/mol. The van der Waals surface area contributed by atoms with Crippen LogP contribution in [-0.2, 0) is 19.3 Å². The van der Waals surface area contributed by atoms with Crippen LogP contribution in [0.1, 0.15) is 59.2 Å². The van der Waals surface area contributed by atoms with E-state index < -0.39 is 0 Å². The van der Waals surface area contributed by atoms with E-state index in [-0.39, 0.29) is 0 Å². The number of hydrogen-bond donors (Lipinski definition) is 1. The first-order valence-corrected chi connectivity index (χ1v) is 9.07. The standard InChI is InChI=1S/C19H25NS/c1-3-12-20-19(15-10-8-14(4-2)9-11-15)18-13-16-6-5-7-17(16)21-18/h8-11,13,19-20H,3-7,12H2,1-2H3. The summed E-state index contributed by atoms with van der Waals surface area (Å²) in [5.74, 6) is 0. The third-order valence-electron chi connectivity index (χ3n) is 4.37. The van der Waals surface area contributed by atoms with Crippen molar-refractivity contribution in [2.75, 3.05) is 6.54 Å². The van der Waals surface area contributed by atoms with E-state index in [1.54, 1.807) is 10.4 Å². The maximum absolute atomic E-state index is 3.74. The van der Waals surface area contributed by atoms with Crippen LogP contribution in [0.15, 0.2) is 30.3 Å². The summed E-state index contributed by atoms with van der Waals surface area (Å²) in [5.41, 5.74) is 4.42. The molecule has 1 nitrogen and oxygen atoms in total. The molecule has 0 spiro atoms. The molecule has 0 radical (unpaired) electrons. The molecule has 3 rings (SSSR count). The molecular weight excluding hydrogens is 274 g/mol. The molecule has 0 saturated carbocycles. The Kier molecular flexibility index (Phi) is 4.77. The highest BCUT2D eigenvalue weighted by molar-refractivity contribution is 7.12. The fraction of sp³-hybridized carbons (Fsp3) is 0.474. The normalized spacial score (nSPS) is 15.1. The molecule has 2 aromatic rings. The van der Waals surface area contributed by atoms with Gasteiger partial charge in [0.2, 0.25) is 0 Å². The Morgan fingerprint density at radius 1 is 1.14 bits per heavy atom. The summed E-state index contributed by atoms with van der Waals surface area (Å²) in [7, 11) is 0. The Morgan fingerprint density at radius 3 is 2.62 bits per heavy atom. The maximum Gasteiger partial charge on any atom is 0.0671 e. The molecule has 1 aromatic heterocycles. The SMILES string of the molecule is CCCNC(c1ccc(CC)cc1)c1cc2c(s1)CCC2. The average molecular weight is 299 g/mol. The maximum atomic E-state index is 3.74. The highest BCUT2D eigenvalue weighted by atomic mass is 32.1. The van der Waals surface area contributed by atoms with Crippen LogP contribution in [0.4, 0.5) is 0 Å². The zero-order chi connectivity index (χ0) is 14.7. The summed E-state index contributed by atoms with van der Waals surface area (Å²) < 4.78 is 0. The summed E-state index contributed by atoms with van der Waals surface area (Å²) in [4.78, 5) is 3.12. The van der Waals surface area contributed by atoms with Crippen LogP contribution in [0.25, 0.3) is 0 Å². The van der Waals surface area contributed by atoms with Gasteiger partial charge in [0, 0.05) is 9.75 Å². The minimum atomic E-state index is 0.367. The minimum Gasteiger partial charge on any atom is -0.306 e. The number of benzene rings is 1. The van der Waals surface area contributed by atoms with Gasteiger partial charge in [-0.25, -0.2) is 0 Å². The lowest BCUT2D eigenvalue weighted by Gasteiger charge is -2.18. The van der Waals surface area contributed by atoms with Gasteiger partial charge in [0.15, 0.2) is 0 Å². The van der Waals surface area contributed by atoms with Crippen LogP contribution in [0, 0.1) is 0 Å². The van der Waals surface area contributed by atoms with Gasteiger partial charge < -0.3 is 5.32 Å². The van der Waals surface area contributed by atoms with E-state index in [0.717, 1.165) is 13.0 Å². The van der Waals surface area contributed by atoms with E-state index >= 15 is 0 Å². The van der Waals surface area contributed by atoms with Crippen molar-refractivity contribution in [3.8, 4) is 0 Å². The van der Waals surface area contributed by atoms with Gasteiger partial charge in [0.25, 0.3) is 0 Å². The van der Waals surface area contributed by atoms with Crippen LogP contribution in [0.2, 0.25) is 0 Å². The van der Waals surface area contributed by atoms with Crippen molar-refractivity contribution < 1.29 is 0 Å². The van der Waals surface area contributed by atoms with E-state index in [0.29, 0.717) is 6.04 Å². The first kappa shape index (κ1) is 14.8. The van der Waals surface area contributed by atoms with Crippen LogP contribution in [-0.4, -0.2) is 6.54 Å². The van der Waals surface area contributed by atoms with Gasteiger partial charge in [-0.2, -0.15) is 0 Å². The second kappa shape index (κ2) is 6.76. The zero-order valence-corrected chi connectivity index (χ0v) is 13.9. The Labute approximate surface area is 132 Å². The molecule has 0 fully saturated rings. The Balaban J connectivity index is 1.88. The number of hydrogen-bond acceptors (Lipinski definition) is 2. The molecular formula is C19H25NS. The van der Waals surface area contributed by atoms with Gasteiger partial charge in [0.05, 0.1) is 6.04 Å². The zero-order valence-electron chi connectivity index (χ0n) is 13.1. The molecule has 1 aromatic carbocycles. The van der Waals surface area contributed by atoms with E-state index in [1.807, 2.05) is 11.3 Å². The van der Waals surface area contributed by atoms with Crippen LogP contribution < -0.4 is 5.32 Å². The molecule has 112 valence electrons. The van der Waals surface area contributed by atoms with Crippen molar-refractivity contribution in [3.05, 3.63) is 56.8 Å². The largest absolute Gasteiger partial charge is 0.306 e. The number of thiophene rings is 1. The van der Waals surface area contributed by atoms with Crippen LogP contribution in [0.3, 0.4) is 0 Å². The molecule has 0 aliphatic heterocycles. The lowest BCUT2D eigenvalue weighted by Crippen LogP contribution is -2.22. The molecule has 0 amide bonds.